The molecule has 2 aromatic rings. The fraction of sp³-hybridized carbons (Fsp3) is 0.375. The van der Waals surface area contributed by atoms with Crippen molar-refractivity contribution >= 4 is 11.3 Å². The summed E-state index contributed by atoms with van der Waals surface area (Å²) in [5, 5.41) is 2.05. The average Bonchev–Trinajstić information content (AvgIpc) is 2.99. The van der Waals surface area contributed by atoms with E-state index in [1.54, 1.807) is 11.3 Å². The molecule has 0 amide bonds. The predicted molar refractivity (Wildman–Crippen MR) is 83.6 cm³/mol. The van der Waals surface area contributed by atoms with Crippen molar-refractivity contribution in [2.75, 3.05) is 6.61 Å². The van der Waals surface area contributed by atoms with Gasteiger partial charge in [-0.25, -0.2) is 0 Å². The molecule has 4 heteroatoms. The Morgan fingerprint density at radius 1 is 1.15 bits per heavy atom. The van der Waals surface area contributed by atoms with Gasteiger partial charge in [0.05, 0.1) is 6.61 Å². The number of thiophene rings is 1. The third kappa shape index (κ3) is 3.74. The van der Waals surface area contributed by atoms with Crippen molar-refractivity contribution in [3.05, 3.63) is 46.7 Å². The van der Waals surface area contributed by atoms with E-state index in [0.717, 1.165) is 22.8 Å². The molecule has 2 atom stereocenters. The first-order chi connectivity index (χ1) is 9.74. The normalized spacial score (nSPS) is 13.8. The highest BCUT2D eigenvalue weighted by Gasteiger charge is 2.21. The number of benzene rings is 1. The number of hydrogen-bond acceptors (Lipinski definition) is 4. The molecule has 2 N–H and O–H groups in total. The molecular weight excluding hydrogens is 270 g/mol. The quantitative estimate of drug-likeness (QED) is 0.838. The van der Waals surface area contributed by atoms with Crippen LogP contribution in [0.2, 0.25) is 0 Å². The van der Waals surface area contributed by atoms with Gasteiger partial charge in [0.1, 0.15) is 17.6 Å². The summed E-state index contributed by atoms with van der Waals surface area (Å²) in [6.45, 7) is 4.69. The van der Waals surface area contributed by atoms with Crippen LogP contribution in [0, 0.1) is 0 Å². The third-order valence-corrected chi connectivity index (χ3v) is 4.00. The van der Waals surface area contributed by atoms with Crippen LogP contribution in [-0.4, -0.2) is 12.6 Å². The topological polar surface area (TPSA) is 44.5 Å². The Morgan fingerprint density at radius 3 is 2.60 bits per heavy atom. The molecular formula is C16H21NO2S. The van der Waals surface area contributed by atoms with Crippen LogP contribution < -0.4 is 15.2 Å². The molecule has 1 aromatic heterocycles. The first-order valence-corrected chi connectivity index (χ1v) is 7.81. The van der Waals surface area contributed by atoms with Crippen molar-refractivity contribution in [3.63, 3.8) is 0 Å². The van der Waals surface area contributed by atoms with Gasteiger partial charge in [-0.2, -0.15) is 0 Å². The van der Waals surface area contributed by atoms with Crippen molar-refractivity contribution in [2.45, 2.75) is 32.4 Å². The van der Waals surface area contributed by atoms with Gasteiger partial charge in [0.15, 0.2) is 0 Å². The van der Waals surface area contributed by atoms with E-state index in [9.17, 15) is 0 Å². The lowest BCUT2D eigenvalue weighted by molar-refractivity contribution is 0.174. The van der Waals surface area contributed by atoms with Gasteiger partial charge in [0, 0.05) is 17.0 Å². The van der Waals surface area contributed by atoms with Gasteiger partial charge in [-0.1, -0.05) is 19.1 Å². The second-order valence-electron chi connectivity index (χ2n) is 4.53. The molecule has 0 aliphatic carbocycles. The number of hydrogen-bond donors (Lipinski definition) is 1. The van der Waals surface area contributed by atoms with Crippen molar-refractivity contribution in [1.82, 2.24) is 0 Å². The van der Waals surface area contributed by atoms with Gasteiger partial charge >= 0.3 is 0 Å². The molecule has 0 saturated heterocycles. The third-order valence-electron chi connectivity index (χ3n) is 3.06. The Hall–Kier alpha value is -1.52. The van der Waals surface area contributed by atoms with E-state index in [0.29, 0.717) is 6.61 Å². The highest BCUT2D eigenvalue weighted by atomic mass is 32.1. The van der Waals surface area contributed by atoms with Crippen molar-refractivity contribution < 1.29 is 9.47 Å². The predicted octanol–water partition coefficient (Wildman–Crippen LogP) is 4.00. The molecule has 0 bridgehead atoms. The summed E-state index contributed by atoms with van der Waals surface area (Å²) in [5.74, 6) is 1.61. The van der Waals surface area contributed by atoms with Gasteiger partial charge < -0.3 is 15.2 Å². The zero-order valence-corrected chi connectivity index (χ0v) is 12.7. The summed E-state index contributed by atoms with van der Waals surface area (Å²) in [5.41, 5.74) is 6.20. The fourth-order valence-electron chi connectivity index (χ4n) is 1.97. The van der Waals surface area contributed by atoms with Crippen LogP contribution in [0.5, 0.6) is 11.5 Å². The van der Waals surface area contributed by atoms with E-state index in [-0.39, 0.29) is 12.1 Å². The van der Waals surface area contributed by atoms with Gasteiger partial charge in [-0.3, -0.25) is 0 Å². The smallest absolute Gasteiger partial charge is 0.148 e. The molecule has 0 aliphatic heterocycles. The summed E-state index contributed by atoms with van der Waals surface area (Å²) in [6.07, 6.45) is 0.755. The maximum atomic E-state index is 6.20. The lowest BCUT2D eigenvalue weighted by atomic mass is 10.1. The Kier molecular flexibility index (Phi) is 5.44. The Labute approximate surface area is 124 Å². The lowest BCUT2D eigenvalue weighted by Gasteiger charge is -2.23. The molecule has 0 fully saturated rings. The molecule has 20 heavy (non-hydrogen) atoms. The monoisotopic (exact) mass is 291 g/mol. The standard InChI is InChI=1S/C16H21NO2S/c1-3-14(17)16(15-9-6-10-20-15)19-13-8-5-7-12(11-13)18-4-2/h5-11,14,16H,3-4,17H2,1-2H3. The molecule has 0 aliphatic rings. The summed E-state index contributed by atoms with van der Waals surface area (Å²) in [6, 6.07) is 11.8. The zero-order valence-electron chi connectivity index (χ0n) is 11.9. The second-order valence-corrected chi connectivity index (χ2v) is 5.51. The Balaban J connectivity index is 2.17. The minimum absolute atomic E-state index is 0.0237. The first-order valence-electron chi connectivity index (χ1n) is 6.93. The molecule has 2 unspecified atom stereocenters. The minimum Gasteiger partial charge on any atom is -0.494 e. The van der Waals surface area contributed by atoms with Crippen molar-refractivity contribution in [2.24, 2.45) is 5.73 Å². The van der Waals surface area contributed by atoms with Gasteiger partial charge in [0.2, 0.25) is 0 Å². The minimum atomic E-state index is -0.114. The maximum Gasteiger partial charge on any atom is 0.148 e. The SMILES string of the molecule is CCOc1cccc(OC(c2cccs2)C(N)CC)c1. The van der Waals surface area contributed by atoms with Crippen LogP contribution in [0.25, 0.3) is 0 Å². The summed E-state index contributed by atoms with van der Waals surface area (Å²) >= 11 is 1.67. The van der Waals surface area contributed by atoms with Gasteiger partial charge in [-0.05, 0) is 36.9 Å². The Morgan fingerprint density at radius 2 is 1.95 bits per heavy atom. The largest absolute Gasteiger partial charge is 0.494 e. The van der Waals surface area contributed by atoms with E-state index in [1.165, 1.54) is 0 Å². The van der Waals surface area contributed by atoms with Crippen LogP contribution in [-0.2, 0) is 0 Å². The summed E-state index contributed by atoms with van der Waals surface area (Å²) in [4.78, 5) is 1.15. The highest BCUT2D eigenvalue weighted by Crippen LogP contribution is 2.30. The molecule has 108 valence electrons. The highest BCUT2D eigenvalue weighted by molar-refractivity contribution is 7.10. The fourth-order valence-corrected chi connectivity index (χ4v) is 2.80. The van der Waals surface area contributed by atoms with Crippen LogP contribution in [0.3, 0.4) is 0 Å². The van der Waals surface area contributed by atoms with E-state index in [4.69, 9.17) is 15.2 Å². The molecule has 1 heterocycles. The second kappa shape index (κ2) is 7.31. The van der Waals surface area contributed by atoms with E-state index >= 15 is 0 Å². The average molecular weight is 291 g/mol. The Bertz CT molecular complexity index is 513. The molecule has 0 spiro atoms. The van der Waals surface area contributed by atoms with E-state index in [2.05, 4.69) is 13.0 Å². The maximum absolute atomic E-state index is 6.20. The molecule has 0 radical (unpaired) electrons. The van der Waals surface area contributed by atoms with E-state index < -0.39 is 0 Å². The van der Waals surface area contributed by atoms with Gasteiger partial charge in [-0.15, -0.1) is 11.3 Å². The molecule has 2 rings (SSSR count). The number of rotatable bonds is 7. The molecule has 1 aromatic carbocycles. The van der Waals surface area contributed by atoms with Crippen LogP contribution in [0.1, 0.15) is 31.2 Å². The van der Waals surface area contributed by atoms with Crippen LogP contribution in [0.4, 0.5) is 0 Å². The van der Waals surface area contributed by atoms with Crippen molar-refractivity contribution in [1.29, 1.82) is 0 Å². The lowest BCUT2D eigenvalue weighted by Crippen LogP contribution is -2.30. The van der Waals surface area contributed by atoms with Crippen LogP contribution in [0.15, 0.2) is 41.8 Å². The van der Waals surface area contributed by atoms with Crippen molar-refractivity contribution in [3.8, 4) is 11.5 Å². The summed E-state index contributed by atoms with van der Waals surface area (Å²) in [7, 11) is 0. The molecule has 3 nitrogen and oxygen atoms in total. The molecule has 0 saturated carbocycles. The van der Waals surface area contributed by atoms with E-state index in [1.807, 2.05) is 42.6 Å². The zero-order chi connectivity index (χ0) is 14.4. The van der Waals surface area contributed by atoms with Gasteiger partial charge in [0.25, 0.3) is 0 Å². The number of ether oxygens (including phenoxy) is 2. The number of nitrogens with two attached hydrogens (primary N) is 1. The summed E-state index contributed by atoms with van der Waals surface area (Å²) < 4.78 is 11.6. The van der Waals surface area contributed by atoms with Crippen LogP contribution >= 0.6 is 11.3 Å². The first kappa shape index (κ1) is 14.9.